The van der Waals surface area contributed by atoms with Crippen molar-refractivity contribution in [2.24, 2.45) is 0 Å². The summed E-state index contributed by atoms with van der Waals surface area (Å²) in [6.07, 6.45) is 0. The van der Waals surface area contributed by atoms with Crippen LogP contribution in [0.1, 0.15) is 18.4 Å². The van der Waals surface area contributed by atoms with Crippen molar-refractivity contribution in [2.75, 3.05) is 19.0 Å². The lowest BCUT2D eigenvalue weighted by atomic mass is 10.4. The molecular weight excluding hydrogens is 293 g/mol. The zero-order valence-electron chi connectivity index (χ0n) is 8.59. The maximum absolute atomic E-state index is 5.07. The molecule has 0 saturated heterocycles. The van der Waals surface area contributed by atoms with Gasteiger partial charge in [0.15, 0.2) is 0 Å². The van der Waals surface area contributed by atoms with Crippen LogP contribution < -0.4 is 5.32 Å². The van der Waals surface area contributed by atoms with Crippen molar-refractivity contribution in [3.05, 3.63) is 15.1 Å². The predicted octanol–water partition coefficient (Wildman–Crippen LogP) is 1.97. The zero-order valence-corrected chi connectivity index (χ0v) is 10.8. The molecule has 1 heterocycles. The second kappa shape index (κ2) is 5.45. The number of aromatic nitrogens is 2. The molecule has 0 saturated carbocycles. The summed E-state index contributed by atoms with van der Waals surface area (Å²) in [5.74, 6) is 1.67. The summed E-state index contributed by atoms with van der Waals surface area (Å²) < 4.78 is 6.11. The van der Waals surface area contributed by atoms with E-state index >= 15 is 0 Å². The van der Waals surface area contributed by atoms with Crippen molar-refractivity contribution in [3.8, 4) is 0 Å². The van der Waals surface area contributed by atoms with Crippen LogP contribution in [-0.2, 0) is 11.3 Å². The Labute approximate surface area is 97.6 Å². The molecule has 0 amide bonds. The molecule has 0 bridgehead atoms. The van der Waals surface area contributed by atoms with E-state index in [1.165, 1.54) is 0 Å². The number of nitrogens with one attached hydrogen (secondary N) is 1. The fourth-order valence-electron chi connectivity index (χ4n) is 1.13. The molecule has 1 aromatic heterocycles. The van der Waals surface area contributed by atoms with E-state index in [2.05, 4.69) is 37.9 Å². The summed E-state index contributed by atoms with van der Waals surface area (Å²) in [5.41, 5.74) is 0.941. The van der Waals surface area contributed by atoms with Crippen LogP contribution in [0, 0.1) is 10.5 Å². The molecular formula is C9H14IN3O. The highest BCUT2D eigenvalue weighted by Gasteiger charge is 2.09. The van der Waals surface area contributed by atoms with Gasteiger partial charge in [-0.1, -0.05) is 0 Å². The average Bonchev–Trinajstić information content (AvgIpc) is 2.14. The van der Waals surface area contributed by atoms with Gasteiger partial charge in [0.1, 0.15) is 11.6 Å². The first kappa shape index (κ1) is 11.6. The molecule has 78 valence electrons. The lowest BCUT2D eigenvalue weighted by Crippen LogP contribution is -2.08. The molecule has 0 spiro atoms. The molecule has 0 aromatic carbocycles. The third-order valence-corrected chi connectivity index (χ3v) is 2.79. The first-order valence-electron chi connectivity index (χ1n) is 4.44. The van der Waals surface area contributed by atoms with E-state index in [4.69, 9.17) is 4.74 Å². The van der Waals surface area contributed by atoms with Crippen molar-refractivity contribution < 1.29 is 4.74 Å². The van der Waals surface area contributed by atoms with Crippen molar-refractivity contribution in [3.63, 3.8) is 0 Å². The molecule has 0 aliphatic carbocycles. The quantitative estimate of drug-likeness (QED) is 0.864. The normalized spacial score (nSPS) is 10.3. The zero-order chi connectivity index (χ0) is 10.6. The Morgan fingerprint density at radius 2 is 2.14 bits per heavy atom. The van der Waals surface area contributed by atoms with Gasteiger partial charge in [-0.25, -0.2) is 9.97 Å². The van der Waals surface area contributed by atoms with Gasteiger partial charge < -0.3 is 10.1 Å². The number of ether oxygens (including phenoxy) is 1. The minimum Gasteiger partial charge on any atom is -0.378 e. The Hall–Kier alpha value is -0.430. The topological polar surface area (TPSA) is 47.0 Å². The SMILES string of the molecule is CCNc1nc(C)nc(COC)c1I. The van der Waals surface area contributed by atoms with Crippen LogP contribution in [0.15, 0.2) is 0 Å². The van der Waals surface area contributed by atoms with E-state index < -0.39 is 0 Å². The highest BCUT2D eigenvalue weighted by molar-refractivity contribution is 14.1. The number of hydrogen-bond acceptors (Lipinski definition) is 4. The molecule has 0 aliphatic heterocycles. The van der Waals surface area contributed by atoms with Crippen LogP contribution in [0.2, 0.25) is 0 Å². The van der Waals surface area contributed by atoms with Crippen LogP contribution in [0.25, 0.3) is 0 Å². The third kappa shape index (κ3) is 2.78. The van der Waals surface area contributed by atoms with Crippen molar-refractivity contribution in [2.45, 2.75) is 20.5 Å². The summed E-state index contributed by atoms with van der Waals surface area (Å²) in [6.45, 7) is 5.32. The molecule has 0 fully saturated rings. The fraction of sp³-hybridized carbons (Fsp3) is 0.556. The summed E-state index contributed by atoms with van der Waals surface area (Å²) in [6, 6.07) is 0. The second-order valence-corrected chi connectivity index (χ2v) is 3.92. The molecule has 5 heteroatoms. The van der Waals surface area contributed by atoms with Crippen molar-refractivity contribution >= 4 is 28.4 Å². The lowest BCUT2D eigenvalue weighted by Gasteiger charge is -2.09. The van der Waals surface area contributed by atoms with Gasteiger partial charge in [0.25, 0.3) is 0 Å². The number of rotatable bonds is 4. The van der Waals surface area contributed by atoms with E-state index in [9.17, 15) is 0 Å². The molecule has 0 unspecified atom stereocenters. The summed E-state index contributed by atoms with van der Waals surface area (Å²) in [5, 5.41) is 3.20. The summed E-state index contributed by atoms with van der Waals surface area (Å²) in [7, 11) is 1.67. The molecule has 1 aromatic rings. The Morgan fingerprint density at radius 3 is 2.71 bits per heavy atom. The maximum atomic E-state index is 5.07. The van der Waals surface area contributed by atoms with Gasteiger partial charge in [0.05, 0.1) is 15.9 Å². The van der Waals surface area contributed by atoms with Gasteiger partial charge in [0.2, 0.25) is 0 Å². The van der Waals surface area contributed by atoms with E-state index in [1.807, 2.05) is 13.8 Å². The lowest BCUT2D eigenvalue weighted by molar-refractivity contribution is 0.180. The van der Waals surface area contributed by atoms with Crippen LogP contribution in [-0.4, -0.2) is 23.6 Å². The van der Waals surface area contributed by atoms with Gasteiger partial charge in [-0.15, -0.1) is 0 Å². The van der Waals surface area contributed by atoms with E-state index in [0.717, 1.165) is 27.5 Å². The van der Waals surface area contributed by atoms with Crippen LogP contribution in [0.5, 0.6) is 0 Å². The molecule has 14 heavy (non-hydrogen) atoms. The average molecular weight is 307 g/mol. The Balaban J connectivity index is 3.04. The minimum absolute atomic E-state index is 0.528. The van der Waals surface area contributed by atoms with Gasteiger partial charge >= 0.3 is 0 Å². The second-order valence-electron chi connectivity index (χ2n) is 2.84. The number of methoxy groups -OCH3 is 1. The van der Waals surface area contributed by atoms with Gasteiger partial charge in [-0.2, -0.15) is 0 Å². The smallest absolute Gasteiger partial charge is 0.143 e. The highest BCUT2D eigenvalue weighted by Crippen LogP contribution is 2.19. The molecule has 1 N–H and O–H groups in total. The Bertz CT molecular complexity index is 290. The van der Waals surface area contributed by atoms with Crippen LogP contribution in [0.4, 0.5) is 5.82 Å². The maximum Gasteiger partial charge on any atom is 0.143 e. The first-order valence-corrected chi connectivity index (χ1v) is 5.52. The van der Waals surface area contributed by atoms with Gasteiger partial charge in [-0.3, -0.25) is 0 Å². The van der Waals surface area contributed by atoms with E-state index in [1.54, 1.807) is 7.11 Å². The highest BCUT2D eigenvalue weighted by atomic mass is 127. The van der Waals surface area contributed by atoms with E-state index in [0.29, 0.717) is 6.61 Å². The standard InChI is InChI=1S/C9H14IN3O/c1-4-11-9-8(10)7(5-14-3)12-6(2)13-9/h4-5H2,1-3H3,(H,11,12,13). The number of halogens is 1. The Morgan fingerprint density at radius 1 is 1.43 bits per heavy atom. The number of anilines is 1. The summed E-state index contributed by atoms with van der Waals surface area (Å²) >= 11 is 2.24. The molecule has 1 rings (SSSR count). The number of nitrogens with zero attached hydrogens (tertiary/aromatic N) is 2. The van der Waals surface area contributed by atoms with Crippen molar-refractivity contribution in [1.29, 1.82) is 0 Å². The Kier molecular flexibility index (Phi) is 4.53. The monoisotopic (exact) mass is 307 g/mol. The van der Waals surface area contributed by atoms with Gasteiger partial charge in [0, 0.05) is 13.7 Å². The fourth-order valence-corrected chi connectivity index (χ4v) is 1.72. The van der Waals surface area contributed by atoms with Crippen LogP contribution >= 0.6 is 22.6 Å². The van der Waals surface area contributed by atoms with Crippen molar-refractivity contribution in [1.82, 2.24) is 9.97 Å². The molecule has 4 nitrogen and oxygen atoms in total. The molecule has 0 radical (unpaired) electrons. The minimum atomic E-state index is 0.528. The predicted molar refractivity (Wildman–Crippen MR) is 64.4 cm³/mol. The molecule has 0 aliphatic rings. The van der Waals surface area contributed by atoms with Crippen LogP contribution in [0.3, 0.4) is 0 Å². The first-order chi connectivity index (χ1) is 6.69. The molecule has 0 atom stereocenters. The largest absolute Gasteiger partial charge is 0.378 e. The third-order valence-electron chi connectivity index (χ3n) is 1.66. The van der Waals surface area contributed by atoms with Gasteiger partial charge in [-0.05, 0) is 36.4 Å². The number of hydrogen-bond donors (Lipinski definition) is 1. The summed E-state index contributed by atoms with van der Waals surface area (Å²) in [4.78, 5) is 8.64. The van der Waals surface area contributed by atoms with E-state index in [-0.39, 0.29) is 0 Å². The number of aryl methyl sites for hydroxylation is 1.